The molecule has 0 aliphatic heterocycles. The second-order valence-electron chi connectivity index (χ2n) is 3.27. The van der Waals surface area contributed by atoms with E-state index in [2.05, 4.69) is 28.4 Å². The summed E-state index contributed by atoms with van der Waals surface area (Å²) >= 11 is 0. The number of hydrogen-bond acceptors (Lipinski definition) is 0. The monoisotopic (exact) mass is 106 g/mol. The van der Waals surface area contributed by atoms with Crippen LogP contribution in [0.4, 0.5) is 0 Å². The Labute approximate surface area is 55.9 Å². The van der Waals surface area contributed by atoms with Crippen LogP contribution in [0.1, 0.15) is 13.8 Å². The second kappa shape index (κ2) is 3.32. The highest BCUT2D eigenvalue weighted by Crippen LogP contribution is 2.16. The molecule has 42 valence electrons. The smallest absolute Gasteiger partial charge is 0.0831 e. The summed E-state index contributed by atoms with van der Waals surface area (Å²) < 4.78 is 0. The van der Waals surface area contributed by atoms with Gasteiger partial charge in [0.15, 0.2) is 0 Å². The van der Waals surface area contributed by atoms with Crippen LogP contribution in [-0.2, 0) is 0 Å². The molecule has 0 amide bonds. The van der Waals surface area contributed by atoms with Crippen LogP contribution >= 0.6 is 0 Å². The lowest BCUT2D eigenvalue weighted by Crippen LogP contribution is -2.24. The summed E-state index contributed by atoms with van der Waals surface area (Å²) in [5.74, 6) is 0. The fourth-order valence-corrected chi connectivity index (χ4v) is 0.854. The molecule has 4 heteroatoms. The van der Waals surface area contributed by atoms with Gasteiger partial charge in [-0.25, -0.2) is 0 Å². The zero-order chi connectivity index (χ0) is 6.62. The van der Waals surface area contributed by atoms with Crippen molar-refractivity contribution in [3.8, 4) is 0 Å². The normalized spacial score (nSPS) is 10.4. The zero-order valence-electron chi connectivity index (χ0n) is 6.62. The van der Waals surface area contributed by atoms with Crippen molar-refractivity contribution < 1.29 is 0 Å². The lowest BCUT2D eigenvalue weighted by molar-refractivity contribution is 0.961. The first kappa shape index (κ1) is 8.26. The Morgan fingerprint density at radius 1 is 1.38 bits per heavy atom. The van der Waals surface area contributed by atoms with E-state index in [9.17, 15) is 0 Å². The van der Waals surface area contributed by atoms with E-state index in [1.54, 1.807) is 0 Å². The molecule has 0 aromatic rings. The molecule has 0 saturated carbocycles. The minimum atomic E-state index is 0.592. The third kappa shape index (κ3) is 3.29. The van der Waals surface area contributed by atoms with E-state index >= 15 is 0 Å². The Hall–Kier alpha value is 0.260. The largest absolute Gasteiger partial charge is 0.0967 e. The van der Waals surface area contributed by atoms with Gasteiger partial charge in [-0.1, -0.05) is 25.9 Å². The first-order chi connectivity index (χ1) is 3.62. The van der Waals surface area contributed by atoms with Crippen LogP contribution in [0.5, 0.6) is 0 Å². The van der Waals surface area contributed by atoms with Crippen LogP contribution in [-0.4, -0.2) is 29.2 Å². The van der Waals surface area contributed by atoms with E-state index in [1.807, 2.05) is 0 Å². The SMILES string of the molecule is BBC(C)(C)BBC. The average molecular weight is 105 g/mol. The van der Waals surface area contributed by atoms with Crippen LogP contribution in [0.15, 0.2) is 0 Å². The molecule has 0 atom stereocenters. The first-order valence-electron chi connectivity index (χ1n) is 3.62. The number of hydrogen-bond donors (Lipinski definition) is 0. The fourth-order valence-electron chi connectivity index (χ4n) is 0.854. The third-order valence-corrected chi connectivity index (χ3v) is 1.88. The third-order valence-electron chi connectivity index (χ3n) is 1.88. The number of rotatable bonds is 3. The van der Waals surface area contributed by atoms with Crippen molar-refractivity contribution in [1.29, 1.82) is 0 Å². The van der Waals surface area contributed by atoms with Crippen LogP contribution in [0.2, 0.25) is 12.0 Å². The van der Waals surface area contributed by atoms with Gasteiger partial charge >= 0.3 is 0 Å². The maximum absolute atomic E-state index is 2.33. The maximum atomic E-state index is 2.33. The van der Waals surface area contributed by atoms with Gasteiger partial charge in [0.2, 0.25) is 0 Å². The fraction of sp³-hybridized carbons (Fsp3) is 1.00. The molecule has 0 bridgehead atoms. The van der Waals surface area contributed by atoms with Gasteiger partial charge in [0, 0.05) is 0 Å². The van der Waals surface area contributed by atoms with Crippen molar-refractivity contribution in [1.82, 2.24) is 0 Å². The molecule has 0 fully saturated rings. The molecular weight excluding hydrogens is 91.3 g/mol. The summed E-state index contributed by atoms with van der Waals surface area (Å²) in [5.41, 5.74) is 0. The standard InChI is InChI=1S/C4H14B4/c1-4(2,7-5)8-6-3/h6-8H,5H2,1-3H3. The molecule has 0 nitrogen and oxygen atoms in total. The Kier molecular flexibility index (Phi) is 3.43. The lowest BCUT2D eigenvalue weighted by Gasteiger charge is -2.18. The Morgan fingerprint density at radius 2 is 1.88 bits per heavy atom. The molecule has 0 aliphatic carbocycles. The molecule has 0 aromatic heterocycles. The van der Waals surface area contributed by atoms with Gasteiger partial charge < -0.3 is 0 Å². The van der Waals surface area contributed by atoms with E-state index in [0.29, 0.717) is 5.21 Å². The van der Waals surface area contributed by atoms with E-state index in [-0.39, 0.29) is 0 Å². The summed E-state index contributed by atoms with van der Waals surface area (Å²) in [5, 5.41) is 0.592. The summed E-state index contributed by atoms with van der Waals surface area (Å²) in [7, 11) is 6.25. The van der Waals surface area contributed by atoms with E-state index < -0.39 is 0 Å². The van der Waals surface area contributed by atoms with Gasteiger partial charge in [-0.15, -0.1) is 0 Å². The average Bonchev–Trinajstić information content (AvgIpc) is 1.67. The van der Waals surface area contributed by atoms with Gasteiger partial charge in [-0.3, -0.25) is 0 Å². The van der Waals surface area contributed by atoms with Gasteiger partial charge in [0.05, 0.1) is 29.2 Å². The van der Waals surface area contributed by atoms with Crippen molar-refractivity contribution in [2.45, 2.75) is 25.9 Å². The quantitative estimate of drug-likeness (QED) is 0.403. The lowest BCUT2D eigenvalue weighted by atomic mass is 9.17. The highest BCUT2D eigenvalue weighted by molar-refractivity contribution is 7.10. The molecular formula is C4H14B4. The van der Waals surface area contributed by atoms with Gasteiger partial charge in [-0.05, 0) is 0 Å². The molecule has 0 saturated heterocycles. The summed E-state index contributed by atoms with van der Waals surface area (Å²) in [4.78, 5) is 0. The van der Waals surface area contributed by atoms with Crippen molar-refractivity contribution in [3.05, 3.63) is 0 Å². The second-order valence-corrected chi connectivity index (χ2v) is 3.27. The van der Waals surface area contributed by atoms with Crippen LogP contribution in [0, 0.1) is 0 Å². The molecule has 0 rings (SSSR count). The highest BCUT2D eigenvalue weighted by Gasteiger charge is 2.14. The molecule has 0 heterocycles. The first-order valence-corrected chi connectivity index (χ1v) is 3.62. The van der Waals surface area contributed by atoms with Gasteiger partial charge in [-0.2, -0.15) is 0 Å². The van der Waals surface area contributed by atoms with Gasteiger partial charge in [0.1, 0.15) is 0 Å². The van der Waals surface area contributed by atoms with E-state index in [4.69, 9.17) is 0 Å². The Morgan fingerprint density at radius 3 is 2.00 bits per heavy atom. The van der Waals surface area contributed by atoms with Crippen LogP contribution in [0.3, 0.4) is 0 Å². The predicted octanol–water partition coefficient (Wildman–Crippen LogP) is -1.04. The van der Waals surface area contributed by atoms with Crippen molar-refractivity contribution in [3.63, 3.8) is 0 Å². The minimum absolute atomic E-state index is 0.592. The molecule has 8 heavy (non-hydrogen) atoms. The zero-order valence-corrected chi connectivity index (χ0v) is 6.62. The summed E-state index contributed by atoms with van der Waals surface area (Å²) in [6.07, 6.45) is 0. The summed E-state index contributed by atoms with van der Waals surface area (Å²) in [6.45, 7) is 6.91. The summed E-state index contributed by atoms with van der Waals surface area (Å²) in [6, 6.07) is 0. The van der Waals surface area contributed by atoms with Crippen LogP contribution < -0.4 is 0 Å². The van der Waals surface area contributed by atoms with E-state index in [1.165, 1.54) is 21.5 Å². The van der Waals surface area contributed by atoms with Crippen molar-refractivity contribution in [2.75, 3.05) is 0 Å². The molecule has 0 spiro atoms. The molecule has 0 unspecified atom stereocenters. The maximum Gasteiger partial charge on any atom is 0.0831 e. The highest BCUT2D eigenvalue weighted by atomic mass is 13.9. The molecule has 0 aromatic carbocycles. The molecule has 0 radical (unpaired) electrons. The minimum Gasteiger partial charge on any atom is -0.0967 e. The van der Waals surface area contributed by atoms with Crippen molar-refractivity contribution >= 4 is 29.2 Å². The predicted molar refractivity (Wildman–Crippen MR) is 49.9 cm³/mol. The topological polar surface area (TPSA) is 0 Å². The van der Waals surface area contributed by atoms with Crippen LogP contribution in [0.25, 0.3) is 0 Å². The van der Waals surface area contributed by atoms with E-state index in [0.717, 1.165) is 0 Å². The molecule has 0 N–H and O–H groups in total. The van der Waals surface area contributed by atoms with Gasteiger partial charge in [0.25, 0.3) is 0 Å². The Balaban J connectivity index is 3.37. The molecule has 0 aliphatic rings. The van der Waals surface area contributed by atoms with Crippen molar-refractivity contribution in [2.24, 2.45) is 0 Å². The Bertz CT molecular complexity index is 61.1.